The van der Waals surface area contributed by atoms with E-state index in [1.165, 1.54) is 12.5 Å². The Bertz CT molecular complexity index is 280. The topological polar surface area (TPSA) is 61.3 Å². The smallest absolute Gasteiger partial charge is 0.287 e. The highest BCUT2D eigenvalue weighted by Crippen LogP contribution is 2.06. The molecule has 0 bridgehead atoms. The van der Waals surface area contributed by atoms with Crippen LogP contribution in [0.3, 0.4) is 0 Å². The molecule has 0 saturated heterocycles. The van der Waals surface area contributed by atoms with Gasteiger partial charge in [-0.25, -0.2) is 4.98 Å². The molecule has 0 aliphatic rings. The Labute approximate surface area is 68.0 Å². The van der Waals surface area contributed by atoms with Crippen LogP contribution < -0.4 is 4.74 Å². The normalized spacial score (nSPS) is 10.0. The third-order valence-electron chi connectivity index (χ3n) is 1.20. The van der Waals surface area contributed by atoms with Crippen LogP contribution in [0.15, 0.2) is 27.6 Å². The summed E-state index contributed by atoms with van der Waals surface area (Å²) in [5.41, 5.74) is 0. The molecule has 12 heavy (non-hydrogen) atoms. The summed E-state index contributed by atoms with van der Waals surface area (Å²) < 4.78 is 14.6. The average molecular weight is 165 g/mol. The lowest BCUT2D eigenvalue weighted by atomic mass is 10.7. The van der Waals surface area contributed by atoms with Crippen molar-refractivity contribution < 1.29 is 13.6 Å². The van der Waals surface area contributed by atoms with Crippen molar-refractivity contribution in [3.05, 3.63) is 31.0 Å². The highest BCUT2D eigenvalue weighted by Gasteiger charge is 2.00. The maximum absolute atomic E-state index is 5.10. The van der Waals surface area contributed by atoms with E-state index >= 15 is 0 Å². The van der Waals surface area contributed by atoms with Gasteiger partial charge in [0.05, 0.1) is 6.20 Å². The van der Waals surface area contributed by atoms with Crippen LogP contribution in [-0.2, 0) is 6.61 Å². The highest BCUT2D eigenvalue weighted by molar-refractivity contribution is 4.97. The summed E-state index contributed by atoms with van der Waals surface area (Å²) >= 11 is 0. The molecule has 61 valence electrons. The van der Waals surface area contributed by atoms with Crippen LogP contribution in [0.5, 0.6) is 5.88 Å². The summed E-state index contributed by atoms with van der Waals surface area (Å²) in [6.07, 6.45) is 6.64. The molecular weight excluding hydrogens is 160 g/mol. The lowest BCUT2D eigenvalue weighted by Crippen LogP contribution is -1.94. The first-order valence-corrected chi connectivity index (χ1v) is 3.28. The molecule has 5 nitrogen and oxygen atoms in total. The van der Waals surface area contributed by atoms with Crippen LogP contribution >= 0.6 is 0 Å². The summed E-state index contributed by atoms with van der Waals surface area (Å²) in [6, 6.07) is 0. The van der Waals surface area contributed by atoms with Gasteiger partial charge in [-0.3, -0.25) is 0 Å². The molecule has 2 aromatic heterocycles. The van der Waals surface area contributed by atoms with Gasteiger partial charge in [-0.2, -0.15) is 4.98 Å². The minimum atomic E-state index is 0.243. The third kappa shape index (κ3) is 1.45. The molecule has 0 unspecified atom stereocenters. The van der Waals surface area contributed by atoms with Crippen molar-refractivity contribution in [3.8, 4) is 5.88 Å². The summed E-state index contributed by atoms with van der Waals surface area (Å²) in [5, 5.41) is 0. The highest BCUT2D eigenvalue weighted by atomic mass is 16.5. The number of aromatic nitrogens is 2. The van der Waals surface area contributed by atoms with Crippen molar-refractivity contribution in [3.63, 3.8) is 0 Å². The Balaban J connectivity index is 1.91. The first kappa shape index (κ1) is 6.90. The molecule has 0 amide bonds. The van der Waals surface area contributed by atoms with Crippen molar-refractivity contribution >= 4 is 0 Å². The Morgan fingerprint density at radius 2 is 2.58 bits per heavy atom. The third-order valence-corrected chi connectivity index (χ3v) is 1.20. The first-order chi connectivity index (χ1) is 5.95. The first-order valence-electron chi connectivity index (χ1n) is 3.28. The zero-order valence-electron chi connectivity index (χ0n) is 6.06. The molecule has 0 atom stereocenters. The molecule has 0 fully saturated rings. The van der Waals surface area contributed by atoms with E-state index in [1.54, 1.807) is 6.20 Å². The van der Waals surface area contributed by atoms with Crippen molar-refractivity contribution in [2.24, 2.45) is 0 Å². The molecule has 0 aromatic carbocycles. The van der Waals surface area contributed by atoms with Gasteiger partial charge < -0.3 is 13.6 Å². The monoisotopic (exact) mass is 165 g/mol. The van der Waals surface area contributed by atoms with Crippen molar-refractivity contribution in [2.75, 3.05) is 0 Å². The number of hydrogen-bond acceptors (Lipinski definition) is 5. The number of oxazole rings is 2. The molecule has 2 aromatic rings. The van der Waals surface area contributed by atoms with Gasteiger partial charge >= 0.3 is 0 Å². The SMILES string of the molecule is [c]1nc(OCc2ncco2)co1. The summed E-state index contributed by atoms with van der Waals surface area (Å²) in [4.78, 5) is 7.49. The molecule has 0 aliphatic carbocycles. The standard InChI is InChI=1S/C7H5N2O3/c1-2-11-7(8-1)4-12-6-3-10-5-9-6/h1-3H,4H2. The summed E-state index contributed by atoms with van der Waals surface area (Å²) in [5.74, 6) is 0.867. The van der Waals surface area contributed by atoms with E-state index in [0.717, 1.165) is 0 Å². The van der Waals surface area contributed by atoms with Crippen molar-refractivity contribution in [1.82, 2.24) is 9.97 Å². The van der Waals surface area contributed by atoms with E-state index < -0.39 is 0 Å². The van der Waals surface area contributed by atoms with Crippen molar-refractivity contribution in [2.45, 2.75) is 6.61 Å². The molecule has 2 heterocycles. The predicted molar refractivity (Wildman–Crippen MR) is 36.2 cm³/mol. The number of rotatable bonds is 3. The molecule has 1 radical (unpaired) electrons. The van der Waals surface area contributed by atoms with Crippen LogP contribution in [0.2, 0.25) is 0 Å². The number of ether oxygens (including phenoxy) is 1. The molecule has 5 heteroatoms. The molecule has 0 saturated carbocycles. The Morgan fingerprint density at radius 1 is 1.58 bits per heavy atom. The minimum absolute atomic E-state index is 0.243. The Morgan fingerprint density at radius 3 is 3.25 bits per heavy atom. The molecule has 0 N–H and O–H groups in total. The second-order valence-electron chi connectivity index (χ2n) is 1.99. The fourth-order valence-corrected chi connectivity index (χ4v) is 0.701. The fourth-order valence-electron chi connectivity index (χ4n) is 0.701. The largest absolute Gasteiger partial charge is 0.465 e. The van der Waals surface area contributed by atoms with Gasteiger partial charge in [-0.05, 0) is 0 Å². The Hall–Kier alpha value is -1.78. The van der Waals surface area contributed by atoms with Crippen LogP contribution in [0.1, 0.15) is 5.89 Å². The van der Waals surface area contributed by atoms with Gasteiger partial charge in [0, 0.05) is 0 Å². The van der Waals surface area contributed by atoms with Crippen LogP contribution in [-0.4, -0.2) is 9.97 Å². The fraction of sp³-hybridized carbons (Fsp3) is 0.143. The average Bonchev–Trinajstić information content (AvgIpc) is 2.74. The molecular formula is C7H5N2O3. The van der Waals surface area contributed by atoms with E-state index in [0.29, 0.717) is 11.8 Å². The van der Waals surface area contributed by atoms with E-state index in [2.05, 4.69) is 20.8 Å². The predicted octanol–water partition coefficient (Wildman–Crippen LogP) is 1.04. The Kier molecular flexibility index (Phi) is 1.77. The summed E-state index contributed by atoms with van der Waals surface area (Å²) in [7, 11) is 0. The lowest BCUT2D eigenvalue weighted by molar-refractivity contribution is 0.253. The molecule has 0 aliphatic heterocycles. The van der Waals surface area contributed by atoms with E-state index in [1.807, 2.05) is 0 Å². The zero-order valence-corrected chi connectivity index (χ0v) is 6.06. The van der Waals surface area contributed by atoms with Gasteiger partial charge in [0.1, 0.15) is 6.26 Å². The van der Waals surface area contributed by atoms with Gasteiger partial charge in [-0.15, -0.1) is 0 Å². The number of hydrogen-bond donors (Lipinski definition) is 0. The second-order valence-corrected chi connectivity index (χ2v) is 1.99. The second kappa shape index (κ2) is 3.08. The zero-order chi connectivity index (χ0) is 8.23. The summed E-state index contributed by atoms with van der Waals surface area (Å²) in [6.45, 7) is 0.243. The van der Waals surface area contributed by atoms with Crippen LogP contribution in [0.4, 0.5) is 0 Å². The van der Waals surface area contributed by atoms with Gasteiger partial charge in [0.25, 0.3) is 12.3 Å². The van der Waals surface area contributed by atoms with Gasteiger partial charge in [0.2, 0.25) is 5.89 Å². The maximum Gasteiger partial charge on any atom is 0.287 e. The molecule has 2 rings (SSSR count). The van der Waals surface area contributed by atoms with Gasteiger partial charge in [-0.1, -0.05) is 0 Å². The van der Waals surface area contributed by atoms with Gasteiger partial charge in [0.15, 0.2) is 12.9 Å². The molecule has 0 spiro atoms. The van der Waals surface area contributed by atoms with Crippen molar-refractivity contribution in [1.29, 1.82) is 0 Å². The van der Waals surface area contributed by atoms with E-state index in [9.17, 15) is 0 Å². The van der Waals surface area contributed by atoms with Crippen LogP contribution in [0, 0.1) is 6.39 Å². The maximum atomic E-state index is 5.10. The quantitative estimate of drug-likeness (QED) is 0.680. The van der Waals surface area contributed by atoms with E-state index in [-0.39, 0.29) is 6.61 Å². The number of nitrogens with zero attached hydrogens (tertiary/aromatic N) is 2. The van der Waals surface area contributed by atoms with E-state index in [4.69, 9.17) is 9.15 Å². The van der Waals surface area contributed by atoms with Crippen LogP contribution in [0.25, 0.3) is 0 Å². The minimum Gasteiger partial charge on any atom is -0.465 e. The lowest BCUT2D eigenvalue weighted by Gasteiger charge is -1.95.